The molecule has 0 radical (unpaired) electrons. The van der Waals surface area contributed by atoms with Gasteiger partial charge in [0.1, 0.15) is 0 Å². The molecule has 0 aromatic rings. The lowest BCUT2D eigenvalue weighted by Crippen LogP contribution is -2.45. The van der Waals surface area contributed by atoms with Crippen LogP contribution in [0.1, 0.15) is 26.2 Å². The van der Waals surface area contributed by atoms with Crippen LogP contribution in [0.25, 0.3) is 0 Å². The van der Waals surface area contributed by atoms with Crippen LogP contribution in [0.3, 0.4) is 0 Å². The van der Waals surface area contributed by atoms with Crippen LogP contribution >= 0.6 is 0 Å². The highest BCUT2D eigenvalue weighted by atomic mass is 16.6. The molecule has 0 aromatic carbocycles. The van der Waals surface area contributed by atoms with Gasteiger partial charge >= 0.3 is 6.09 Å². The molecule has 0 spiro atoms. The first-order valence-electron chi connectivity index (χ1n) is 8.09. The molecule has 0 saturated carbocycles. The molecule has 0 atom stereocenters. The van der Waals surface area contributed by atoms with E-state index in [0.717, 1.165) is 19.4 Å². The molecule has 22 heavy (non-hydrogen) atoms. The standard InChI is InChI=1S/C15H30N4O3/c1-4-22-15(21)19-10-6-13(7-11-19)16-8-5-14(20)17-9-12-18(2)3/h13,16H,4-12H2,1-3H3,(H,17,20). The summed E-state index contributed by atoms with van der Waals surface area (Å²) in [5.74, 6) is 0.0818. The van der Waals surface area contributed by atoms with Gasteiger partial charge in [-0.25, -0.2) is 4.79 Å². The van der Waals surface area contributed by atoms with E-state index in [1.165, 1.54) is 0 Å². The lowest BCUT2D eigenvalue weighted by molar-refractivity contribution is -0.121. The van der Waals surface area contributed by atoms with Crippen molar-refractivity contribution in [3.8, 4) is 0 Å². The number of ether oxygens (including phenoxy) is 1. The smallest absolute Gasteiger partial charge is 0.409 e. The number of piperidine rings is 1. The van der Waals surface area contributed by atoms with Crippen molar-refractivity contribution in [2.75, 3.05) is 53.4 Å². The summed E-state index contributed by atoms with van der Waals surface area (Å²) in [4.78, 5) is 27.0. The highest BCUT2D eigenvalue weighted by Gasteiger charge is 2.23. The maximum atomic E-state index is 11.6. The third-order valence-corrected chi connectivity index (χ3v) is 3.69. The average Bonchev–Trinajstić information content (AvgIpc) is 2.48. The zero-order valence-corrected chi connectivity index (χ0v) is 14.1. The van der Waals surface area contributed by atoms with Gasteiger partial charge in [0.05, 0.1) is 6.61 Å². The van der Waals surface area contributed by atoms with E-state index in [1.54, 1.807) is 4.90 Å². The number of rotatable bonds is 8. The molecule has 2 amide bonds. The molecule has 0 unspecified atom stereocenters. The SMILES string of the molecule is CCOC(=O)N1CCC(NCCC(=O)NCCN(C)C)CC1. The van der Waals surface area contributed by atoms with Gasteiger partial charge < -0.3 is 25.2 Å². The maximum absolute atomic E-state index is 11.6. The zero-order chi connectivity index (χ0) is 16.4. The van der Waals surface area contributed by atoms with Crippen molar-refractivity contribution in [1.29, 1.82) is 0 Å². The molecular formula is C15H30N4O3. The quantitative estimate of drug-likeness (QED) is 0.672. The summed E-state index contributed by atoms with van der Waals surface area (Å²) in [6.07, 6.45) is 2.08. The van der Waals surface area contributed by atoms with Crippen LogP contribution < -0.4 is 10.6 Å². The summed E-state index contributed by atoms with van der Waals surface area (Å²) in [7, 11) is 3.97. The number of hydrogen-bond donors (Lipinski definition) is 2. The molecule has 7 heteroatoms. The minimum Gasteiger partial charge on any atom is -0.450 e. The van der Waals surface area contributed by atoms with E-state index in [2.05, 4.69) is 10.6 Å². The monoisotopic (exact) mass is 314 g/mol. The van der Waals surface area contributed by atoms with E-state index in [4.69, 9.17) is 4.74 Å². The minimum atomic E-state index is -0.221. The number of nitrogens with one attached hydrogen (secondary N) is 2. The van der Waals surface area contributed by atoms with Gasteiger partial charge in [-0.1, -0.05) is 0 Å². The Labute approximate surface area is 133 Å². The van der Waals surface area contributed by atoms with Gasteiger partial charge in [-0.2, -0.15) is 0 Å². The Balaban J connectivity index is 2.07. The minimum absolute atomic E-state index is 0.0818. The van der Waals surface area contributed by atoms with Gasteiger partial charge in [-0.3, -0.25) is 4.79 Å². The number of carbonyl (C=O) groups excluding carboxylic acids is 2. The third kappa shape index (κ3) is 7.61. The van der Waals surface area contributed by atoms with Crippen molar-refractivity contribution >= 4 is 12.0 Å². The maximum Gasteiger partial charge on any atom is 0.409 e. The molecule has 1 fully saturated rings. The fourth-order valence-electron chi connectivity index (χ4n) is 2.38. The molecule has 1 saturated heterocycles. The number of carbonyl (C=O) groups is 2. The number of likely N-dealkylation sites (tertiary alicyclic amines) is 1. The summed E-state index contributed by atoms with van der Waals surface area (Å²) in [6, 6.07) is 0.375. The van der Waals surface area contributed by atoms with Gasteiger partial charge in [-0.05, 0) is 33.9 Å². The lowest BCUT2D eigenvalue weighted by Gasteiger charge is -2.31. The summed E-state index contributed by atoms with van der Waals surface area (Å²) in [5.41, 5.74) is 0. The van der Waals surface area contributed by atoms with Crippen molar-refractivity contribution in [1.82, 2.24) is 20.4 Å². The first-order chi connectivity index (χ1) is 10.5. The molecule has 1 rings (SSSR count). The molecule has 0 bridgehead atoms. The second-order valence-corrected chi connectivity index (χ2v) is 5.82. The summed E-state index contributed by atoms with van der Waals surface area (Å²) in [5, 5.41) is 6.29. The number of hydrogen-bond acceptors (Lipinski definition) is 5. The summed E-state index contributed by atoms with van der Waals surface area (Å²) >= 11 is 0. The van der Waals surface area contributed by atoms with Crippen LogP contribution in [0, 0.1) is 0 Å². The van der Waals surface area contributed by atoms with Gasteiger partial charge in [-0.15, -0.1) is 0 Å². The largest absolute Gasteiger partial charge is 0.450 e. The van der Waals surface area contributed by atoms with Crippen LogP contribution in [0.15, 0.2) is 0 Å². The van der Waals surface area contributed by atoms with Crippen LogP contribution in [0.5, 0.6) is 0 Å². The van der Waals surface area contributed by atoms with Gasteiger partial charge in [0.25, 0.3) is 0 Å². The third-order valence-electron chi connectivity index (χ3n) is 3.69. The Morgan fingerprint density at radius 1 is 1.23 bits per heavy atom. The van der Waals surface area contributed by atoms with E-state index in [-0.39, 0.29) is 12.0 Å². The summed E-state index contributed by atoms with van der Waals surface area (Å²) in [6.45, 7) is 5.87. The summed E-state index contributed by atoms with van der Waals surface area (Å²) < 4.78 is 4.99. The van der Waals surface area contributed by atoms with Crippen LogP contribution in [-0.2, 0) is 9.53 Å². The molecule has 0 aliphatic carbocycles. The van der Waals surface area contributed by atoms with Gasteiger partial charge in [0, 0.05) is 45.2 Å². The Morgan fingerprint density at radius 2 is 1.91 bits per heavy atom. The first kappa shape index (κ1) is 18.7. The molecule has 1 aliphatic rings. The predicted octanol–water partition coefficient (Wildman–Crippen LogP) is 0.265. The molecule has 1 heterocycles. The van der Waals surface area contributed by atoms with E-state index in [0.29, 0.717) is 45.2 Å². The average molecular weight is 314 g/mol. The Hall–Kier alpha value is -1.34. The number of likely N-dealkylation sites (N-methyl/N-ethyl adjacent to an activating group) is 1. The lowest BCUT2D eigenvalue weighted by atomic mass is 10.1. The van der Waals surface area contributed by atoms with Crippen molar-refractivity contribution in [2.45, 2.75) is 32.2 Å². The molecule has 0 aromatic heterocycles. The number of nitrogens with zero attached hydrogens (tertiary/aromatic N) is 2. The zero-order valence-electron chi connectivity index (χ0n) is 14.1. The normalized spacial score (nSPS) is 15.9. The first-order valence-corrected chi connectivity index (χ1v) is 8.09. The van der Waals surface area contributed by atoms with Crippen LogP contribution in [0.4, 0.5) is 4.79 Å². The second kappa shape index (κ2) is 10.4. The second-order valence-electron chi connectivity index (χ2n) is 5.82. The molecule has 1 aliphatic heterocycles. The van der Waals surface area contributed by atoms with E-state index >= 15 is 0 Å². The highest BCUT2D eigenvalue weighted by Crippen LogP contribution is 2.11. The van der Waals surface area contributed by atoms with Crippen molar-refractivity contribution < 1.29 is 14.3 Å². The van der Waals surface area contributed by atoms with Crippen LogP contribution in [-0.4, -0.2) is 81.3 Å². The van der Waals surface area contributed by atoms with E-state index < -0.39 is 0 Å². The Kier molecular flexibility index (Phi) is 8.84. The Morgan fingerprint density at radius 3 is 2.50 bits per heavy atom. The van der Waals surface area contributed by atoms with Gasteiger partial charge in [0.15, 0.2) is 0 Å². The topological polar surface area (TPSA) is 73.9 Å². The molecule has 7 nitrogen and oxygen atoms in total. The molecule has 128 valence electrons. The fourth-order valence-corrected chi connectivity index (χ4v) is 2.38. The Bertz CT molecular complexity index is 342. The predicted molar refractivity (Wildman–Crippen MR) is 85.8 cm³/mol. The van der Waals surface area contributed by atoms with Crippen molar-refractivity contribution in [2.24, 2.45) is 0 Å². The highest BCUT2D eigenvalue weighted by molar-refractivity contribution is 5.76. The van der Waals surface area contributed by atoms with Crippen LogP contribution in [0.2, 0.25) is 0 Å². The molecular weight excluding hydrogens is 284 g/mol. The van der Waals surface area contributed by atoms with Crippen molar-refractivity contribution in [3.63, 3.8) is 0 Å². The van der Waals surface area contributed by atoms with E-state index in [9.17, 15) is 9.59 Å². The fraction of sp³-hybridized carbons (Fsp3) is 0.867. The van der Waals surface area contributed by atoms with E-state index in [1.807, 2.05) is 25.9 Å². The molecule has 2 N–H and O–H groups in total. The van der Waals surface area contributed by atoms with Crippen molar-refractivity contribution in [3.05, 3.63) is 0 Å². The van der Waals surface area contributed by atoms with Gasteiger partial charge in [0.2, 0.25) is 5.91 Å². The number of amides is 2.